The molecule has 0 aliphatic carbocycles. The highest BCUT2D eigenvalue weighted by Gasteiger charge is 2.30. The Morgan fingerprint density at radius 1 is 0.810 bits per heavy atom. The molecule has 42 heavy (non-hydrogen) atoms. The Labute approximate surface area is 243 Å². The number of nitrogens with zero attached hydrogens (tertiary/aromatic N) is 3. The summed E-state index contributed by atoms with van der Waals surface area (Å²) >= 11 is 0. The summed E-state index contributed by atoms with van der Waals surface area (Å²) in [7, 11) is 0. The molecule has 0 fully saturated rings. The Hall–Kier alpha value is -4.45. The molecule has 0 bridgehead atoms. The number of carboxylic acid groups (broad SMARTS) is 1. The SMILES string of the molecule is NCCCCC(NC(=O)C(N)Cc1cnc[nH]1)C(=O)NC(CCCN=C(N)N)C(=O)NC(CCCN=C(N)N)C(=O)O. The summed E-state index contributed by atoms with van der Waals surface area (Å²) in [5.41, 5.74) is 33.6. The van der Waals surface area contributed by atoms with Crippen LogP contribution in [-0.2, 0) is 25.6 Å². The van der Waals surface area contributed by atoms with Crippen LogP contribution in [-0.4, -0.2) is 94.5 Å². The molecule has 0 saturated heterocycles. The number of rotatable bonds is 21. The Bertz CT molecular complexity index is 1040. The first-order valence-corrected chi connectivity index (χ1v) is 13.6. The number of carbonyl (C=O) groups is 4. The molecule has 0 spiro atoms. The molecule has 4 unspecified atom stereocenters. The van der Waals surface area contributed by atoms with Crippen molar-refractivity contribution in [2.24, 2.45) is 44.4 Å². The molecular formula is C24H45N13O5. The fourth-order valence-corrected chi connectivity index (χ4v) is 3.84. The Kier molecular flexibility index (Phi) is 16.6. The summed E-state index contributed by atoms with van der Waals surface area (Å²) in [5, 5.41) is 17.4. The zero-order valence-electron chi connectivity index (χ0n) is 23.6. The second-order valence-electron chi connectivity index (χ2n) is 9.59. The van der Waals surface area contributed by atoms with E-state index in [9.17, 15) is 24.3 Å². The highest BCUT2D eigenvalue weighted by atomic mass is 16.4. The number of nitrogens with two attached hydrogens (primary N) is 6. The van der Waals surface area contributed by atoms with Crippen molar-refractivity contribution in [1.29, 1.82) is 0 Å². The second-order valence-corrected chi connectivity index (χ2v) is 9.59. The van der Waals surface area contributed by atoms with Crippen molar-refractivity contribution in [3.8, 4) is 0 Å². The molecule has 1 rings (SSSR count). The molecule has 3 amide bonds. The third-order valence-corrected chi connectivity index (χ3v) is 6.05. The van der Waals surface area contributed by atoms with Crippen molar-refractivity contribution >= 4 is 35.6 Å². The van der Waals surface area contributed by atoms with Crippen molar-refractivity contribution in [2.75, 3.05) is 19.6 Å². The first-order chi connectivity index (χ1) is 19.9. The van der Waals surface area contributed by atoms with E-state index in [1.54, 1.807) is 0 Å². The highest BCUT2D eigenvalue weighted by Crippen LogP contribution is 2.07. The van der Waals surface area contributed by atoms with Gasteiger partial charge in [0.05, 0.1) is 12.4 Å². The number of H-pyrrole nitrogens is 1. The Balaban J connectivity index is 3.01. The van der Waals surface area contributed by atoms with E-state index < -0.39 is 47.9 Å². The van der Waals surface area contributed by atoms with E-state index in [0.29, 0.717) is 25.1 Å². The number of aromatic nitrogens is 2. The lowest BCUT2D eigenvalue weighted by molar-refractivity contribution is -0.142. The van der Waals surface area contributed by atoms with E-state index in [1.165, 1.54) is 12.5 Å². The molecule has 0 aliphatic heterocycles. The van der Waals surface area contributed by atoms with Crippen molar-refractivity contribution in [1.82, 2.24) is 25.9 Å². The smallest absolute Gasteiger partial charge is 0.326 e. The third kappa shape index (κ3) is 14.8. The minimum absolute atomic E-state index is 0.0402. The molecule has 1 aromatic heterocycles. The molecule has 18 nitrogen and oxygen atoms in total. The largest absolute Gasteiger partial charge is 0.480 e. The minimum Gasteiger partial charge on any atom is -0.480 e. The molecule has 236 valence electrons. The molecule has 17 N–H and O–H groups in total. The monoisotopic (exact) mass is 595 g/mol. The summed E-state index contributed by atoms with van der Waals surface area (Å²) in [5.74, 6) is -3.48. The van der Waals surface area contributed by atoms with Gasteiger partial charge in [0, 0.05) is 31.4 Å². The van der Waals surface area contributed by atoms with Crippen molar-refractivity contribution in [3.05, 3.63) is 18.2 Å². The molecule has 0 aromatic carbocycles. The van der Waals surface area contributed by atoms with Gasteiger partial charge < -0.3 is 60.4 Å². The molecule has 4 atom stereocenters. The minimum atomic E-state index is -1.27. The number of carboxylic acids is 1. The van der Waals surface area contributed by atoms with Crippen LogP contribution in [0.5, 0.6) is 0 Å². The number of guanidine groups is 2. The molecule has 0 saturated carbocycles. The van der Waals surface area contributed by atoms with E-state index in [2.05, 4.69) is 35.9 Å². The second kappa shape index (κ2) is 19.6. The van der Waals surface area contributed by atoms with Crippen molar-refractivity contribution < 1.29 is 24.3 Å². The maximum atomic E-state index is 13.3. The average molecular weight is 596 g/mol. The number of nitrogens with one attached hydrogen (secondary N) is 4. The van der Waals surface area contributed by atoms with E-state index in [4.69, 9.17) is 34.4 Å². The molecule has 1 aromatic rings. The van der Waals surface area contributed by atoms with E-state index in [1.807, 2.05) is 0 Å². The highest BCUT2D eigenvalue weighted by molar-refractivity contribution is 5.94. The van der Waals surface area contributed by atoms with Crippen molar-refractivity contribution in [2.45, 2.75) is 75.5 Å². The topological polar surface area (TPSA) is 334 Å². The van der Waals surface area contributed by atoms with Crippen LogP contribution in [0.3, 0.4) is 0 Å². The number of aromatic amines is 1. The van der Waals surface area contributed by atoms with Crippen LogP contribution in [0.15, 0.2) is 22.5 Å². The zero-order valence-corrected chi connectivity index (χ0v) is 23.6. The normalized spacial score (nSPS) is 13.6. The van der Waals surface area contributed by atoms with Gasteiger partial charge in [-0.3, -0.25) is 24.4 Å². The van der Waals surface area contributed by atoms with Gasteiger partial charge in [0.2, 0.25) is 17.7 Å². The Morgan fingerprint density at radius 3 is 1.79 bits per heavy atom. The lowest BCUT2D eigenvalue weighted by Gasteiger charge is -2.25. The predicted molar refractivity (Wildman–Crippen MR) is 156 cm³/mol. The van der Waals surface area contributed by atoms with Gasteiger partial charge >= 0.3 is 5.97 Å². The van der Waals surface area contributed by atoms with E-state index in [-0.39, 0.29) is 63.5 Å². The summed E-state index contributed by atoms with van der Waals surface area (Å²) in [6.07, 6.45) is 5.20. The van der Waals surface area contributed by atoms with Crippen LogP contribution in [0.25, 0.3) is 0 Å². The van der Waals surface area contributed by atoms with Gasteiger partial charge in [0.1, 0.15) is 18.1 Å². The van der Waals surface area contributed by atoms with Crippen LogP contribution < -0.4 is 50.4 Å². The van der Waals surface area contributed by atoms with Gasteiger partial charge in [-0.15, -0.1) is 0 Å². The van der Waals surface area contributed by atoms with Crippen LogP contribution in [0, 0.1) is 0 Å². The fraction of sp³-hybridized carbons (Fsp3) is 0.625. The van der Waals surface area contributed by atoms with E-state index in [0.717, 1.165) is 0 Å². The van der Waals surface area contributed by atoms with Crippen molar-refractivity contribution in [3.63, 3.8) is 0 Å². The van der Waals surface area contributed by atoms with E-state index >= 15 is 0 Å². The van der Waals surface area contributed by atoms with Gasteiger partial charge in [-0.05, 0) is 51.5 Å². The summed E-state index contributed by atoms with van der Waals surface area (Å²) < 4.78 is 0. The molecular weight excluding hydrogens is 550 g/mol. The maximum absolute atomic E-state index is 13.3. The van der Waals surface area contributed by atoms with Gasteiger partial charge in [-0.25, -0.2) is 9.78 Å². The van der Waals surface area contributed by atoms with Crippen LogP contribution in [0.2, 0.25) is 0 Å². The summed E-state index contributed by atoms with van der Waals surface area (Å²) in [6.45, 7) is 0.729. The predicted octanol–water partition coefficient (Wildman–Crippen LogP) is -3.95. The van der Waals surface area contributed by atoms with Gasteiger partial charge in [0.15, 0.2) is 11.9 Å². The molecule has 0 radical (unpaired) electrons. The Morgan fingerprint density at radius 2 is 1.31 bits per heavy atom. The maximum Gasteiger partial charge on any atom is 0.326 e. The van der Waals surface area contributed by atoms with Crippen LogP contribution in [0.4, 0.5) is 0 Å². The quantitative estimate of drug-likeness (QED) is 0.0368. The lowest BCUT2D eigenvalue weighted by Crippen LogP contribution is -2.57. The van der Waals surface area contributed by atoms with Gasteiger partial charge in [-0.2, -0.15) is 0 Å². The van der Waals surface area contributed by atoms with Crippen LogP contribution >= 0.6 is 0 Å². The van der Waals surface area contributed by atoms with Crippen LogP contribution in [0.1, 0.15) is 50.6 Å². The molecule has 1 heterocycles. The zero-order chi connectivity index (χ0) is 31.5. The number of amides is 3. The number of hydrogen-bond donors (Lipinski definition) is 11. The fourth-order valence-electron chi connectivity index (χ4n) is 3.84. The third-order valence-electron chi connectivity index (χ3n) is 6.05. The number of imidazole rings is 1. The first-order valence-electron chi connectivity index (χ1n) is 13.6. The average Bonchev–Trinajstić information content (AvgIpc) is 3.43. The number of aliphatic carboxylic acids is 1. The van der Waals surface area contributed by atoms with Gasteiger partial charge in [-0.1, -0.05) is 0 Å². The standard InChI is InChI=1S/C24H45N13O5/c25-8-2-1-5-16(35-19(38)15(26)11-14-12-31-13-34-14)20(39)36-17(6-3-9-32-23(27)28)21(40)37-18(22(41)42)7-4-10-33-24(29)30/h12-13,15-18H,1-11,25-26H2,(H,31,34)(H,35,38)(H,36,39)(H,37,40)(H,41,42)(H4,27,28,32)(H4,29,30,33). The number of unbranched alkanes of at least 4 members (excludes halogenated alkanes) is 1. The van der Waals surface area contributed by atoms with Gasteiger partial charge in [0.25, 0.3) is 0 Å². The number of aliphatic imine (C=N–C) groups is 2. The summed E-state index contributed by atoms with van der Waals surface area (Å²) in [6, 6.07) is -4.41. The first kappa shape index (κ1) is 35.6. The molecule has 18 heteroatoms. The summed E-state index contributed by atoms with van der Waals surface area (Å²) in [4.78, 5) is 65.6. The number of carbonyl (C=O) groups excluding carboxylic acids is 3. The lowest BCUT2D eigenvalue weighted by atomic mass is 10.0. The molecule has 0 aliphatic rings. The number of hydrogen-bond acceptors (Lipinski definition) is 9.